The fraction of sp³-hybridized carbons (Fsp3) is 0.884. The molecule has 49 heavy (non-hydrogen) atoms. The zero-order chi connectivity index (χ0) is 36.2. The maximum absolute atomic E-state index is 13.8. The van der Waals surface area contributed by atoms with Gasteiger partial charge in [0, 0.05) is 24.3 Å². The van der Waals surface area contributed by atoms with Crippen molar-refractivity contribution in [3.63, 3.8) is 0 Å². The van der Waals surface area contributed by atoms with Crippen LogP contribution in [0.3, 0.4) is 0 Å². The van der Waals surface area contributed by atoms with Crippen molar-refractivity contribution in [2.75, 3.05) is 6.54 Å². The molecule has 0 amide bonds. The van der Waals surface area contributed by atoms with Gasteiger partial charge in [0.25, 0.3) is 0 Å². The number of hydrogen-bond acceptors (Lipinski definition) is 4. The average molecular weight is 682 g/mol. The van der Waals surface area contributed by atoms with Crippen molar-refractivity contribution in [1.82, 2.24) is 5.32 Å². The van der Waals surface area contributed by atoms with E-state index in [2.05, 4.69) is 53.4 Å². The molecule has 6 heteroatoms. The Morgan fingerprint density at radius 3 is 2.10 bits per heavy atom. The number of unbranched alkanes of at least 4 members (excludes halogenated alkanes) is 4. The molecule has 5 fully saturated rings. The molecule has 0 aromatic rings. The molecule has 5 aliphatic carbocycles. The second-order valence-electron chi connectivity index (χ2n) is 19.9. The molecule has 0 aromatic carbocycles. The lowest BCUT2D eigenvalue weighted by Crippen LogP contribution is -2.68. The molecule has 0 heterocycles. The standard InChI is InChI=1S/C43H71NO5/c1-28(2)29-18-23-43(44-26-14-12-10-11-13-15-35(46)47)25-24-41(8)31(36(29)43)16-17-34-40(7)21-19-30(32(45)27-38(3,4)37(48)49)39(5,6)33(40)20-22-42(34,41)9/h29-31,33-34,36,44H,1,10-27H2,2-9H3,(H,46,47)(H,48,49)/t29-,30+,31?,33?,34?,36?,40-,41+,42+,43-/m0/s1. The Kier molecular flexibility index (Phi) is 10.8. The van der Waals surface area contributed by atoms with Gasteiger partial charge in [-0.05, 0) is 156 Å². The number of rotatable bonds is 14. The molecule has 0 saturated heterocycles. The van der Waals surface area contributed by atoms with Crippen LogP contribution < -0.4 is 5.32 Å². The summed E-state index contributed by atoms with van der Waals surface area (Å²) in [5.74, 6) is 1.52. The van der Waals surface area contributed by atoms with E-state index >= 15 is 0 Å². The molecule has 0 radical (unpaired) electrons. The number of ketones is 1. The highest BCUT2D eigenvalue weighted by Crippen LogP contribution is 2.77. The third-order valence-electron chi connectivity index (χ3n) is 16.7. The van der Waals surface area contributed by atoms with Gasteiger partial charge in [-0.3, -0.25) is 14.4 Å². The van der Waals surface area contributed by atoms with E-state index < -0.39 is 17.4 Å². The molecule has 5 aliphatic rings. The largest absolute Gasteiger partial charge is 0.481 e. The summed E-state index contributed by atoms with van der Waals surface area (Å²) in [7, 11) is 0. The van der Waals surface area contributed by atoms with Crippen LogP contribution in [0.2, 0.25) is 0 Å². The number of carbonyl (C=O) groups excluding carboxylic acids is 1. The lowest BCUT2D eigenvalue weighted by atomic mass is 9.32. The van der Waals surface area contributed by atoms with Crippen molar-refractivity contribution in [2.24, 2.45) is 62.6 Å². The van der Waals surface area contributed by atoms with Crippen LogP contribution in [0.5, 0.6) is 0 Å². The molecule has 0 aromatic heterocycles. The lowest BCUT2D eigenvalue weighted by molar-refractivity contribution is -0.237. The number of nitrogens with one attached hydrogen (secondary N) is 1. The van der Waals surface area contributed by atoms with Crippen LogP contribution in [0.1, 0.15) is 165 Å². The highest BCUT2D eigenvalue weighted by atomic mass is 16.4. The van der Waals surface area contributed by atoms with Gasteiger partial charge < -0.3 is 15.5 Å². The van der Waals surface area contributed by atoms with E-state index in [9.17, 15) is 19.5 Å². The molecular formula is C43H71NO5. The number of fused-ring (bicyclic) bond motifs is 7. The van der Waals surface area contributed by atoms with Crippen molar-refractivity contribution in [3.8, 4) is 0 Å². The summed E-state index contributed by atoms with van der Waals surface area (Å²) in [5, 5.41) is 22.9. The van der Waals surface area contributed by atoms with E-state index in [-0.39, 0.29) is 51.7 Å². The van der Waals surface area contributed by atoms with Crippen LogP contribution in [-0.2, 0) is 14.4 Å². The SMILES string of the molecule is C=C(C)[C@@H]1CC[C@]2(NCCCCCCCC(=O)O)CC[C@]3(C)C(CCC4[C@@]5(C)CC[C@H](C(=O)CC(C)(C)C(=O)O)C(C)(C)C5CC[C@]43C)C12. The summed E-state index contributed by atoms with van der Waals surface area (Å²) in [4.78, 5) is 36.6. The Balaban J connectivity index is 1.33. The first kappa shape index (κ1) is 38.5. The van der Waals surface area contributed by atoms with Gasteiger partial charge >= 0.3 is 11.9 Å². The minimum atomic E-state index is -1.03. The minimum absolute atomic E-state index is 0.0681. The second kappa shape index (κ2) is 13.7. The summed E-state index contributed by atoms with van der Waals surface area (Å²) in [5.41, 5.74) is 1.11. The maximum Gasteiger partial charge on any atom is 0.309 e. The van der Waals surface area contributed by atoms with Gasteiger partial charge in [0.05, 0.1) is 5.41 Å². The molecule has 0 bridgehead atoms. The molecule has 278 valence electrons. The zero-order valence-corrected chi connectivity index (χ0v) is 32.5. The van der Waals surface area contributed by atoms with Crippen molar-refractivity contribution in [3.05, 3.63) is 12.2 Å². The first-order valence-electron chi connectivity index (χ1n) is 20.2. The Morgan fingerprint density at radius 1 is 0.776 bits per heavy atom. The predicted molar refractivity (Wildman–Crippen MR) is 197 cm³/mol. The van der Waals surface area contributed by atoms with Gasteiger partial charge in [0.15, 0.2) is 0 Å². The van der Waals surface area contributed by atoms with Crippen molar-refractivity contribution < 1.29 is 24.6 Å². The fourth-order valence-electron chi connectivity index (χ4n) is 13.9. The quantitative estimate of drug-likeness (QED) is 0.125. The van der Waals surface area contributed by atoms with E-state index in [0.717, 1.165) is 57.9 Å². The summed E-state index contributed by atoms with van der Waals surface area (Å²) < 4.78 is 0. The molecule has 5 rings (SSSR count). The number of Topliss-reactive ketones (excluding diaryl/α,β-unsaturated/α-hetero) is 1. The van der Waals surface area contributed by atoms with Gasteiger partial charge in [-0.1, -0.05) is 66.0 Å². The molecule has 0 aliphatic heterocycles. The van der Waals surface area contributed by atoms with Crippen LogP contribution in [0.25, 0.3) is 0 Å². The van der Waals surface area contributed by atoms with Gasteiger partial charge in [-0.2, -0.15) is 0 Å². The molecule has 3 N–H and O–H groups in total. The smallest absolute Gasteiger partial charge is 0.309 e. The highest BCUT2D eigenvalue weighted by Gasteiger charge is 2.71. The number of carboxylic acids is 2. The number of hydrogen-bond donors (Lipinski definition) is 3. The van der Waals surface area contributed by atoms with E-state index in [4.69, 9.17) is 5.11 Å². The van der Waals surface area contributed by atoms with Gasteiger partial charge in [0.1, 0.15) is 5.78 Å². The molecule has 4 unspecified atom stereocenters. The number of carbonyl (C=O) groups is 3. The van der Waals surface area contributed by atoms with Gasteiger partial charge in [0.2, 0.25) is 0 Å². The normalized spacial score (nSPS) is 41.1. The molecule has 6 nitrogen and oxygen atoms in total. The number of allylic oxidation sites excluding steroid dienone is 1. The van der Waals surface area contributed by atoms with E-state index in [0.29, 0.717) is 29.6 Å². The Bertz CT molecular complexity index is 1290. The first-order chi connectivity index (χ1) is 22.8. The Morgan fingerprint density at radius 2 is 1.45 bits per heavy atom. The second-order valence-corrected chi connectivity index (χ2v) is 19.9. The van der Waals surface area contributed by atoms with Crippen molar-refractivity contribution in [2.45, 2.75) is 170 Å². The van der Waals surface area contributed by atoms with E-state index in [1.165, 1.54) is 50.5 Å². The summed E-state index contributed by atoms with van der Waals surface area (Å²) in [6, 6.07) is 0. The number of aliphatic carboxylic acids is 2. The monoisotopic (exact) mass is 682 g/mol. The predicted octanol–water partition coefficient (Wildman–Crippen LogP) is 10.1. The summed E-state index contributed by atoms with van der Waals surface area (Å²) >= 11 is 0. The fourth-order valence-corrected chi connectivity index (χ4v) is 13.9. The third kappa shape index (κ3) is 6.50. The Hall–Kier alpha value is -1.69. The Labute approximate surface area is 298 Å². The third-order valence-corrected chi connectivity index (χ3v) is 16.7. The van der Waals surface area contributed by atoms with Crippen LogP contribution in [0.4, 0.5) is 0 Å². The average Bonchev–Trinajstić information content (AvgIpc) is 3.38. The van der Waals surface area contributed by atoms with Crippen LogP contribution in [-0.4, -0.2) is 40.0 Å². The zero-order valence-electron chi connectivity index (χ0n) is 32.5. The molecule has 0 spiro atoms. The first-order valence-corrected chi connectivity index (χ1v) is 20.2. The van der Waals surface area contributed by atoms with Crippen molar-refractivity contribution in [1.29, 1.82) is 0 Å². The summed E-state index contributed by atoms with van der Waals surface area (Å²) in [6.07, 6.45) is 17.6. The topological polar surface area (TPSA) is 104 Å². The van der Waals surface area contributed by atoms with Gasteiger partial charge in [-0.15, -0.1) is 0 Å². The van der Waals surface area contributed by atoms with Crippen LogP contribution in [0, 0.1) is 62.6 Å². The maximum atomic E-state index is 13.8. The molecule has 10 atom stereocenters. The number of carboxylic acid groups (broad SMARTS) is 2. The van der Waals surface area contributed by atoms with Gasteiger partial charge in [-0.25, -0.2) is 0 Å². The van der Waals surface area contributed by atoms with Crippen LogP contribution >= 0.6 is 0 Å². The minimum Gasteiger partial charge on any atom is -0.481 e. The lowest BCUT2D eigenvalue weighted by Gasteiger charge is -2.73. The molecular weight excluding hydrogens is 610 g/mol. The van der Waals surface area contributed by atoms with E-state index in [1.54, 1.807) is 13.8 Å². The van der Waals surface area contributed by atoms with Crippen LogP contribution in [0.15, 0.2) is 12.2 Å². The van der Waals surface area contributed by atoms with Crippen molar-refractivity contribution >= 4 is 17.7 Å². The van der Waals surface area contributed by atoms with E-state index in [1.807, 2.05) is 0 Å². The molecule has 5 saturated carbocycles. The highest BCUT2D eigenvalue weighted by molar-refractivity contribution is 5.87. The summed E-state index contributed by atoms with van der Waals surface area (Å²) in [6.45, 7) is 24.0.